The van der Waals surface area contributed by atoms with Crippen molar-refractivity contribution in [3.8, 4) is 40.0 Å². The van der Waals surface area contributed by atoms with Gasteiger partial charge in [0.15, 0.2) is 5.76 Å². The minimum Gasteiger partial charge on any atom is -0.392 e. The molecule has 3 aromatic heterocycles. The van der Waals surface area contributed by atoms with Crippen molar-refractivity contribution in [3.05, 3.63) is 71.8 Å². The second-order valence-corrected chi connectivity index (χ2v) is 8.49. The van der Waals surface area contributed by atoms with Gasteiger partial charge in [0.05, 0.1) is 36.0 Å². The van der Waals surface area contributed by atoms with Crippen LogP contribution in [0, 0.1) is 18.3 Å². The number of rotatable bonds is 5. The highest BCUT2D eigenvalue weighted by molar-refractivity contribution is 5.68. The summed E-state index contributed by atoms with van der Waals surface area (Å²) in [6.45, 7) is 3.46. The molecule has 5 rings (SSSR count). The topological polar surface area (TPSA) is 121 Å². The predicted octanol–water partition coefficient (Wildman–Crippen LogP) is 3.81. The van der Waals surface area contributed by atoms with Crippen molar-refractivity contribution >= 4 is 0 Å². The fraction of sp³-hybridized carbons (Fsp3) is 0.269. The van der Waals surface area contributed by atoms with Crippen LogP contribution in [0.1, 0.15) is 29.8 Å². The Bertz CT molecular complexity index is 1350. The second kappa shape index (κ2) is 9.14. The molecule has 1 saturated heterocycles. The number of benzene rings is 1. The Morgan fingerprint density at radius 1 is 1.06 bits per heavy atom. The first-order valence-corrected chi connectivity index (χ1v) is 11.2. The van der Waals surface area contributed by atoms with Gasteiger partial charge >= 0.3 is 0 Å². The molecule has 0 radical (unpaired) electrons. The molecule has 0 unspecified atom stereocenters. The zero-order chi connectivity index (χ0) is 23.5. The van der Waals surface area contributed by atoms with E-state index in [9.17, 15) is 10.4 Å². The number of hydrogen-bond donors (Lipinski definition) is 2. The van der Waals surface area contributed by atoms with Crippen molar-refractivity contribution in [2.24, 2.45) is 0 Å². The molecule has 4 aromatic rings. The van der Waals surface area contributed by atoms with Gasteiger partial charge in [0.2, 0.25) is 0 Å². The zero-order valence-corrected chi connectivity index (χ0v) is 18.8. The third kappa shape index (κ3) is 4.07. The molecule has 0 spiro atoms. The predicted molar refractivity (Wildman–Crippen MR) is 126 cm³/mol. The molecule has 1 fully saturated rings. The molecule has 0 saturated carbocycles. The van der Waals surface area contributed by atoms with Crippen molar-refractivity contribution in [2.75, 3.05) is 13.1 Å². The molecule has 0 amide bonds. The molecule has 1 aromatic carbocycles. The highest BCUT2D eigenvalue weighted by atomic mass is 16.5. The number of aliphatic hydroxyl groups excluding tert-OH is 1. The van der Waals surface area contributed by atoms with E-state index in [2.05, 4.69) is 26.5 Å². The van der Waals surface area contributed by atoms with Crippen molar-refractivity contribution in [1.29, 1.82) is 5.26 Å². The molecular formula is C26H24N6O2. The summed E-state index contributed by atoms with van der Waals surface area (Å²) in [5.41, 5.74) is 5.45. The third-order valence-corrected chi connectivity index (χ3v) is 6.35. The van der Waals surface area contributed by atoms with E-state index >= 15 is 0 Å². The number of aromatic nitrogens is 4. The second-order valence-electron chi connectivity index (χ2n) is 8.49. The number of hydrogen-bond acceptors (Lipinski definition) is 8. The van der Waals surface area contributed by atoms with E-state index in [4.69, 9.17) is 9.51 Å². The molecule has 1 aliphatic heterocycles. The molecule has 8 nitrogen and oxygen atoms in total. The van der Waals surface area contributed by atoms with Gasteiger partial charge in [0, 0.05) is 23.4 Å². The maximum atomic E-state index is 9.93. The van der Waals surface area contributed by atoms with Crippen LogP contribution in [-0.4, -0.2) is 38.3 Å². The monoisotopic (exact) mass is 452 g/mol. The molecule has 8 heteroatoms. The van der Waals surface area contributed by atoms with Crippen molar-refractivity contribution < 1.29 is 9.63 Å². The summed E-state index contributed by atoms with van der Waals surface area (Å²) >= 11 is 0. The van der Waals surface area contributed by atoms with Gasteiger partial charge in [-0.3, -0.25) is 9.97 Å². The minimum absolute atomic E-state index is 0.00494. The van der Waals surface area contributed by atoms with E-state index in [1.165, 1.54) is 0 Å². The Balaban J connectivity index is 1.48. The summed E-state index contributed by atoms with van der Waals surface area (Å²) < 4.78 is 5.62. The number of pyridine rings is 1. The van der Waals surface area contributed by atoms with Crippen LogP contribution in [0.4, 0.5) is 0 Å². The standard InChI is InChI=1S/C26H24N6O2/c1-17-25(23-13-21(32-34-23)19-4-2-18(15-33)3-5-19)31-22(14-30-17)20-6-9-29-24(12-20)26(16-27)7-10-28-11-8-26/h2-6,9,12-14,28,33H,7-8,10-11,15H2,1H3. The van der Waals surface area contributed by atoms with E-state index < -0.39 is 5.41 Å². The fourth-order valence-electron chi connectivity index (χ4n) is 4.26. The van der Waals surface area contributed by atoms with Gasteiger partial charge in [-0.25, -0.2) is 4.98 Å². The smallest absolute Gasteiger partial charge is 0.187 e. The SMILES string of the molecule is Cc1ncc(-c2ccnc(C3(C#N)CCNCC3)c2)nc1-c1cc(-c2ccc(CO)cc2)no1. The van der Waals surface area contributed by atoms with Gasteiger partial charge in [0.25, 0.3) is 0 Å². The molecule has 2 N–H and O–H groups in total. The molecule has 4 heterocycles. The summed E-state index contributed by atoms with van der Waals surface area (Å²) in [6.07, 6.45) is 4.91. The first kappa shape index (κ1) is 21.9. The summed E-state index contributed by atoms with van der Waals surface area (Å²) in [5.74, 6) is 0.522. The maximum Gasteiger partial charge on any atom is 0.187 e. The van der Waals surface area contributed by atoms with E-state index in [0.29, 0.717) is 22.8 Å². The molecule has 0 aliphatic carbocycles. The summed E-state index contributed by atoms with van der Waals surface area (Å²) in [7, 11) is 0. The highest BCUT2D eigenvalue weighted by Gasteiger charge is 2.35. The Morgan fingerprint density at radius 3 is 2.59 bits per heavy atom. The molecule has 170 valence electrons. The van der Waals surface area contributed by atoms with Gasteiger partial charge in [-0.05, 0) is 50.6 Å². The van der Waals surface area contributed by atoms with Crippen LogP contribution in [0.25, 0.3) is 34.0 Å². The van der Waals surface area contributed by atoms with Crippen LogP contribution >= 0.6 is 0 Å². The summed E-state index contributed by atoms with van der Waals surface area (Å²) in [6, 6.07) is 15.7. The molecule has 1 aliphatic rings. The Labute approximate surface area is 197 Å². The Hall–Kier alpha value is -3.93. The van der Waals surface area contributed by atoms with Gasteiger partial charge in [-0.1, -0.05) is 29.4 Å². The lowest BCUT2D eigenvalue weighted by Gasteiger charge is -2.30. The fourth-order valence-corrected chi connectivity index (χ4v) is 4.26. The van der Waals surface area contributed by atoms with Crippen LogP contribution in [0.5, 0.6) is 0 Å². The molecule has 34 heavy (non-hydrogen) atoms. The van der Waals surface area contributed by atoms with Crippen LogP contribution in [0.15, 0.2) is 59.4 Å². The van der Waals surface area contributed by atoms with Crippen molar-refractivity contribution in [1.82, 2.24) is 25.4 Å². The normalized spacial score (nSPS) is 15.1. The number of aryl methyl sites for hydroxylation is 1. The highest BCUT2D eigenvalue weighted by Crippen LogP contribution is 2.34. The van der Waals surface area contributed by atoms with Crippen molar-refractivity contribution in [3.63, 3.8) is 0 Å². The van der Waals surface area contributed by atoms with Crippen LogP contribution in [0.2, 0.25) is 0 Å². The number of piperidine rings is 1. The van der Waals surface area contributed by atoms with Crippen LogP contribution in [-0.2, 0) is 12.0 Å². The lowest BCUT2D eigenvalue weighted by molar-refractivity contribution is 0.282. The number of aliphatic hydroxyl groups is 1. The molecule has 0 bridgehead atoms. The van der Waals surface area contributed by atoms with Gasteiger partial charge in [-0.15, -0.1) is 0 Å². The van der Waals surface area contributed by atoms with Gasteiger partial charge in [0.1, 0.15) is 16.8 Å². The summed E-state index contributed by atoms with van der Waals surface area (Å²) in [4.78, 5) is 13.9. The van der Waals surface area contributed by atoms with E-state index in [0.717, 1.165) is 54.0 Å². The lowest BCUT2D eigenvalue weighted by atomic mass is 9.77. The van der Waals surface area contributed by atoms with E-state index in [1.54, 1.807) is 12.4 Å². The third-order valence-electron chi connectivity index (χ3n) is 6.35. The van der Waals surface area contributed by atoms with Gasteiger partial charge in [-0.2, -0.15) is 5.26 Å². The first-order chi connectivity index (χ1) is 16.6. The first-order valence-electron chi connectivity index (χ1n) is 11.2. The average molecular weight is 453 g/mol. The van der Waals surface area contributed by atoms with Crippen molar-refractivity contribution in [2.45, 2.75) is 31.8 Å². The Kier molecular flexibility index (Phi) is 5.88. The largest absolute Gasteiger partial charge is 0.392 e. The number of nitrogens with one attached hydrogen (secondary N) is 1. The minimum atomic E-state index is -0.590. The average Bonchev–Trinajstić information content (AvgIpc) is 3.39. The molecular weight excluding hydrogens is 428 g/mol. The molecule has 0 atom stereocenters. The number of nitrogens with zero attached hydrogens (tertiary/aromatic N) is 5. The van der Waals surface area contributed by atoms with E-state index in [-0.39, 0.29) is 6.61 Å². The van der Waals surface area contributed by atoms with Gasteiger partial charge < -0.3 is 14.9 Å². The summed E-state index contributed by atoms with van der Waals surface area (Å²) in [5, 5.41) is 26.7. The van der Waals surface area contributed by atoms with Crippen LogP contribution in [0.3, 0.4) is 0 Å². The van der Waals surface area contributed by atoms with Crippen LogP contribution < -0.4 is 5.32 Å². The maximum absolute atomic E-state index is 9.93. The zero-order valence-electron chi connectivity index (χ0n) is 18.8. The van der Waals surface area contributed by atoms with E-state index in [1.807, 2.05) is 49.4 Å². The lowest BCUT2D eigenvalue weighted by Crippen LogP contribution is -2.39. The number of nitriles is 1. The quantitative estimate of drug-likeness (QED) is 0.469. The Morgan fingerprint density at radius 2 is 1.85 bits per heavy atom.